The number of carbonyl (C=O) groups excluding carboxylic acids is 2. The summed E-state index contributed by atoms with van der Waals surface area (Å²) in [6, 6.07) is 0.317. The smallest absolute Gasteiger partial charge is 0.317 e. The van der Waals surface area contributed by atoms with Crippen LogP contribution in [0.2, 0.25) is 0 Å². The van der Waals surface area contributed by atoms with Gasteiger partial charge in [0.1, 0.15) is 0 Å². The number of nitrogens with one attached hydrogen (secondary N) is 1. The Kier molecular flexibility index (Phi) is 5.45. The molecule has 1 atom stereocenters. The van der Waals surface area contributed by atoms with Crippen molar-refractivity contribution in [2.24, 2.45) is 17.6 Å². The van der Waals surface area contributed by atoms with Gasteiger partial charge >= 0.3 is 6.03 Å². The Hall–Kier alpha value is -1.30. The molecule has 2 saturated heterocycles. The van der Waals surface area contributed by atoms with Gasteiger partial charge in [-0.1, -0.05) is 13.8 Å². The van der Waals surface area contributed by atoms with Crippen molar-refractivity contribution in [3.05, 3.63) is 0 Å². The van der Waals surface area contributed by atoms with Gasteiger partial charge in [0.25, 0.3) is 0 Å². The van der Waals surface area contributed by atoms with E-state index in [1.165, 1.54) is 0 Å². The Bertz CT molecular complexity index is 378. The molecule has 6 heteroatoms. The molecule has 0 radical (unpaired) electrons. The topological polar surface area (TPSA) is 78.7 Å². The number of piperidine rings is 1. The van der Waals surface area contributed by atoms with Crippen LogP contribution in [0.15, 0.2) is 0 Å². The monoisotopic (exact) mass is 296 g/mol. The lowest BCUT2D eigenvalue weighted by molar-refractivity contribution is -0.137. The maximum Gasteiger partial charge on any atom is 0.317 e. The Labute approximate surface area is 127 Å². The highest BCUT2D eigenvalue weighted by Crippen LogP contribution is 2.21. The number of amides is 3. The molecule has 0 spiro atoms. The van der Waals surface area contributed by atoms with Crippen molar-refractivity contribution in [3.63, 3.8) is 0 Å². The van der Waals surface area contributed by atoms with Crippen LogP contribution in [0.1, 0.15) is 33.1 Å². The van der Waals surface area contributed by atoms with Crippen molar-refractivity contribution < 1.29 is 9.59 Å². The van der Waals surface area contributed by atoms with E-state index in [0.717, 1.165) is 45.4 Å². The van der Waals surface area contributed by atoms with E-state index in [-0.39, 0.29) is 23.9 Å². The fourth-order valence-corrected chi connectivity index (χ4v) is 3.36. The average molecular weight is 296 g/mol. The zero-order valence-corrected chi connectivity index (χ0v) is 13.2. The number of hydrogen-bond acceptors (Lipinski definition) is 3. The minimum Gasteiger partial charge on any atom is -0.342 e. The van der Waals surface area contributed by atoms with Gasteiger partial charge in [-0.15, -0.1) is 0 Å². The third-order valence-electron chi connectivity index (χ3n) is 4.50. The number of rotatable bonds is 5. The van der Waals surface area contributed by atoms with Crippen molar-refractivity contribution in [1.29, 1.82) is 0 Å². The van der Waals surface area contributed by atoms with Gasteiger partial charge in [-0.3, -0.25) is 4.79 Å². The highest BCUT2D eigenvalue weighted by atomic mass is 16.2. The van der Waals surface area contributed by atoms with E-state index in [0.29, 0.717) is 12.5 Å². The summed E-state index contributed by atoms with van der Waals surface area (Å²) in [6.07, 6.45) is 2.60. The predicted octanol–water partition coefficient (Wildman–Crippen LogP) is 0.624. The maximum atomic E-state index is 12.5. The van der Waals surface area contributed by atoms with Gasteiger partial charge in [0, 0.05) is 38.8 Å². The average Bonchev–Trinajstić information content (AvgIpc) is 2.90. The number of likely N-dealkylation sites (tertiary alicyclic amines) is 1. The summed E-state index contributed by atoms with van der Waals surface area (Å²) in [5.41, 5.74) is 5.77. The van der Waals surface area contributed by atoms with Crippen LogP contribution >= 0.6 is 0 Å². The number of nitrogens with two attached hydrogens (primary N) is 1. The summed E-state index contributed by atoms with van der Waals surface area (Å²) in [6.45, 7) is 7.66. The van der Waals surface area contributed by atoms with E-state index in [2.05, 4.69) is 19.2 Å². The zero-order valence-electron chi connectivity index (χ0n) is 13.2. The van der Waals surface area contributed by atoms with Crippen LogP contribution in [0, 0.1) is 11.8 Å². The Morgan fingerprint density at radius 3 is 2.48 bits per heavy atom. The van der Waals surface area contributed by atoms with Crippen molar-refractivity contribution >= 4 is 11.9 Å². The van der Waals surface area contributed by atoms with Crippen molar-refractivity contribution in [2.45, 2.75) is 39.2 Å². The number of nitrogens with zero attached hydrogens (tertiary/aromatic N) is 2. The van der Waals surface area contributed by atoms with Crippen molar-refractivity contribution in [2.75, 3.05) is 32.7 Å². The van der Waals surface area contributed by atoms with Gasteiger partial charge < -0.3 is 20.9 Å². The molecule has 21 heavy (non-hydrogen) atoms. The van der Waals surface area contributed by atoms with E-state index in [1.807, 2.05) is 9.80 Å². The molecule has 0 saturated carbocycles. The van der Waals surface area contributed by atoms with Crippen LogP contribution in [-0.4, -0.2) is 60.5 Å². The maximum absolute atomic E-state index is 12.5. The van der Waals surface area contributed by atoms with Crippen LogP contribution in [-0.2, 0) is 4.79 Å². The first kappa shape index (κ1) is 16.1. The summed E-state index contributed by atoms with van der Waals surface area (Å²) >= 11 is 0. The minimum absolute atomic E-state index is 0.0411. The lowest BCUT2D eigenvalue weighted by Gasteiger charge is -2.37. The molecule has 0 aromatic heterocycles. The van der Waals surface area contributed by atoms with Gasteiger partial charge in [-0.25, -0.2) is 4.79 Å². The summed E-state index contributed by atoms with van der Waals surface area (Å²) in [7, 11) is 0. The van der Waals surface area contributed by atoms with Crippen LogP contribution < -0.4 is 11.1 Å². The number of urea groups is 1. The second kappa shape index (κ2) is 7.11. The summed E-state index contributed by atoms with van der Waals surface area (Å²) in [5, 5.41) is 2.84. The molecule has 1 unspecified atom stereocenters. The Morgan fingerprint density at radius 2 is 2.00 bits per heavy atom. The Balaban J connectivity index is 1.85. The van der Waals surface area contributed by atoms with Gasteiger partial charge in [0.05, 0.1) is 5.92 Å². The third-order valence-corrected chi connectivity index (χ3v) is 4.50. The van der Waals surface area contributed by atoms with Gasteiger partial charge in [0.15, 0.2) is 0 Å². The predicted molar refractivity (Wildman–Crippen MR) is 81.7 cm³/mol. The molecule has 2 rings (SSSR count). The lowest BCUT2D eigenvalue weighted by atomic mass is 9.94. The molecule has 6 nitrogen and oxygen atoms in total. The molecule has 3 amide bonds. The normalized spacial score (nSPS) is 21.8. The molecule has 2 heterocycles. The summed E-state index contributed by atoms with van der Waals surface area (Å²) in [4.78, 5) is 28.0. The molecular formula is C15H28N4O2. The quantitative estimate of drug-likeness (QED) is 0.781. The second-order valence-corrected chi connectivity index (χ2v) is 6.54. The van der Waals surface area contributed by atoms with E-state index in [4.69, 9.17) is 5.73 Å². The van der Waals surface area contributed by atoms with Crippen molar-refractivity contribution in [1.82, 2.24) is 15.1 Å². The molecule has 2 aliphatic rings. The molecule has 0 bridgehead atoms. The highest BCUT2D eigenvalue weighted by Gasteiger charge is 2.33. The van der Waals surface area contributed by atoms with Crippen LogP contribution in [0.5, 0.6) is 0 Å². The van der Waals surface area contributed by atoms with Crippen molar-refractivity contribution in [3.8, 4) is 0 Å². The molecule has 0 aromatic rings. The second-order valence-electron chi connectivity index (χ2n) is 6.54. The number of hydrogen-bond donors (Lipinski definition) is 2. The van der Waals surface area contributed by atoms with Gasteiger partial charge in [-0.2, -0.15) is 0 Å². The molecular weight excluding hydrogens is 268 g/mol. The summed E-state index contributed by atoms with van der Waals surface area (Å²) < 4.78 is 0. The SMILES string of the molecule is CC(C)CC(CN)C(=O)N1CCC(N2CCNC2=O)CC1. The molecule has 0 aromatic carbocycles. The molecule has 2 aliphatic heterocycles. The molecule has 2 fully saturated rings. The first-order chi connectivity index (χ1) is 10.0. The first-order valence-electron chi connectivity index (χ1n) is 8.06. The minimum atomic E-state index is -0.0587. The lowest BCUT2D eigenvalue weighted by Crippen LogP contribution is -2.49. The zero-order chi connectivity index (χ0) is 15.4. The van der Waals surface area contributed by atoms with E-state index in [1.54, 1.807) is 0 Å². The van der Waals surface area contributed by atoms with Crippen LogP contribution in [0.4, 0.5) is 4.79 Å². The fraction of sp³-hybridized carbons (Fsp3) is 0.867. The number of carbonyl (C=O) groups is 2. The largest absolute Gasteiger partial charge is 0.342 e. The summed E-state index contributed by atoms with van der Waals surface area (Å²) in [5.74, 6) is 0.612. The highest BCUT2D eigenvalue weighted by molar-refractivity contribution is 5.79. The third kappa shape index (κ3) is 3.87. The fourth-order valence-electron chi connectivity index (χ4n) is 3.36. The van der Waals surface area contributed by atoms with Gasteiger partial charge in [0.2, 0.25) is 5.91 Å². The van der Waals surface area contributed by atoms with E-state index in [9.17, 15) is 9.59 Å². The Morgan fingerprint density at radius 1 is 1.33 bits per heavy atom. The van der Waals surface area contributed by atoms with Crippen LogP contribution in [0.25, 0.3) is 0 Å². The van der Waals surface area contributed by atoms with E-state index < -0.39 is 0 Å². The first-order valence-corrected chi connectivity index (χ1v) is 8.06. The van der Waals surface area contributed by atoms with E-state index >= 15 is 0 Å². The standard InChI is InChI=1S/C15H28N4O2/c1-11(2)9-12(10-16)14(20)18-6-3-13(4-7-18)19-8-5-17-15(19)21/h11-13H,3-10,16H2,1-2H3,(H,17,21). The van der Waals surface area contributed by atoms with Gasteiger partial charge in [-0.05, 0) is 25.2 Å². The molecule has 0 aliphatic carbocycles. The molecule has 120 valence electrons. The van der Waals surface area contributed by atoms with Crippen LogP contribution in [0.3, 0.4) is 0 Å². The molecule has 3 N–H and O–H groups in total.